The van der Waals surface area contributed by atoms with Crippen LogP contribution in [0.15, 0.2) is 0 Å². The van der Waals surface area contributed by atoms with E-state index in [2.05, 4.69) is 5.32 Å². The van der Waals surface area contributed by atoms with Crippen LogP contribution in [0.5, 0.6) is 0 Å². The number of carbonyl (C=O) groups is 3. The predicted molar refractivity (Wildman–Crippen MR) is 78.6 cm³/mol. The zero-order valence-electron chi connectivity index (χ0n) is 13.1. The maximum atomic E-state index is 12.1. The molecule has 6 nitrogen and oxygen atoms in total. The van der Waals surface area contributed by atoms with Crippen molar-refractivity contribution < 1.29 is 19.5 Å². The first-order valence-corrected chi connectivity index (χ1v) is 7.60. The number of rotatable bonds is 8. The maximum Gasteiger partial charge on any atom is 0.303 e. The zero-order valence-corrected chi connectivity index (χ0v) is 13.1. The Bertz CT molecular complexity index is 395. The summed E-state index contributed by atoms with van der Waals surface area (Å²) in [6.45, 7) is 7.41. The predicted octanol–water partition coefficient (Wildman–Crippen LogP) is 1.11. The Morgan fingerprint density at radius 1 is 1.43 bits per heavy atom. The lowest BCUT2D eigenvalue weighted by Gasteiger charge is -2.19. The third kappa shape index (κ3) is 5.73. The molecule has 2 unspecified atom stereocenters. The smallest absolute Gasteiger partial charge is 0.303 e. The lowest BCUT2D eigenvalue weighted by atomic mass is 9.94. The number of carboxylic acid groups (broad SMARTS) is 1. The van der Waals surface area contributed by atoms with Crippen molar-refractivity contribution in [3.05, 3.63) is 0 Å². The summed E-state index contributed by atoms with van der Waals surface area (Å²) in [6, 6.07) is 0. The molecule has 2 amide bonds. The van der Waals surface area contributed by atoms with Gasteiger partial charge >= 0.3 is 5.97 Å². The normalized spacial score (nSPS) is 19.9. The molecule has 1 fully saturated rings. The lowest BCUT2D eigenvalue weighted by Crippen LogP contribution is -2.36. The molecule has 1 aliphatic heterocycles. The van der Waals surface area contributed by atoms with E-state index in [9.17, 15) is 14.4 Å². The van der Waals surface area contributed by atoms with Gasteiger partial charge in [-0.3, -0.25) is 14.4 Å². The van der Waals surface area contributed by atoms with Crippen LogP contribution in [0.25, 0.3) is 0 Å². The van der Waals surface area contributed by atoms with Gasteiger partial charge in [0, 0.05) is 32.5 Å². The van der Waals surface area contributed by atoms with Crippen LogP contribution in [0.4, 0.5) is 0 Å². The Morgan fingerprint density at radius 2 is 2.10 bits per heavy atom. The summed E-state index contributed by atoms with van der Waals surface area (Å²) in [4.78, 5) is 36.2. The van der Waals surface area contributed by atoms with E-state index >= 15 is 0 Å². The zero-order chi connectivity index (χ0) is 16.0. The fourth-order valence-electron chi connectivity index (χ4n) is 2.80. The number of carbonyl (C=O) groups excluding carboxylic acids is 2. The molecule has 0 aliphatic carbocycles. The van der Waals surface area contributed by atoms with E-state index < -0.39 is 5.97 Å². The van der Waals surface area contributed by atoms with Crippen LogP contribution < -0.4 is 5.32 Å². The van der Waals surface area contributed by atoms with Gasteiger partial charge in [-0.1, -0.05) is 13.8 Å². The summed E-state index contributed by atoms with van der Waals surface area (Å²) in [5.74, 6) is -0.953. The molecule has 1 saturated heterocycles. The minimum Gasteiger partial charge on any atom is -0.481 e. The van der Waals surface area contributed by atoms with Crippen molar-refractivity contribution in [3.63, 3.8) is 0 Å². The molecule has 2 atom stereocenters. The molecule has 6 heteroatoms. The Morgan fingerprint density at radius 3 is 2.57 bits per heavy atom. The number of likely N-dealkylation sites (tertiary alicyclic amines) is 1. The maximum absolute atomic E-state index is 12.1. The number of aliphatic carboxylic acids is 1. The third-order valence-corrected chi connectivity index (χ3v) is 3.80. The third-order valence-electron chi connectivity index (χ3n) is 3.80. The first-order chi connectivity index (χ1) is 9.83. The van der Waals surface area contributed by atoms with Gasteiger partial charge < -0.3 is 15.3 Å². The topological polar surface area (TPSA) is 86.7 Å². The Hall–Kier alpha value is -1.59. The molecule has 0 bridgehead atoms. The lowest BCUT2D eigenvalue weighted by molar-refractivity contribution is -0.138. The van der Waals surface area contributed by atoms with Crippen molar-refractivity contribution in [2.75, 3.05) is 19.6 Å². The number of hydrogen-bond acceptors (Lipinski definition) is 3. The van der Waals surface area contributed by atoms with Gasteiger partial charge in [0.2, 0.25) is 11.8 Å². The molecule has 0 aromatic heterocycles. The van der Waals surface area contributed by atoms with E-state index in [-0.39, 0.29) is 36.5 Å². The fourth-order valence-corrected chi connectivity index (χ4v) is 2.80. The van der Waals surface area contributed by atoms with Crippen molar-refractivity contribution in [2.24, 2.45) is 17.8 Å². The van der Waals surface area contributed by atoms with Crippen LogP contribution >= 0.6 is 0 Å². The summed E-state index contributed by atoms with van der Waals surface area (Å²) in [7, 11) is 0. The average molecular weight is 298 g/mol. The average Bonchev–Trinajstić information content (AvgIpc) is 2.75. The van der Waals surface area contributed by atoms with Crippen LogP contribution in [-0.4, -0.2) is 47.4 Å². The number of nitrogens with one attached hydrogen (secondary N) is 1. The van der Waals surface area contributed by atoms with Gasteiger partial charge in [0.1, 0.15) is 0 Å². The Labute approximate surface area is 125 Å². The molecule has 0 spiro atoms. The highest BCUT2D eigenvalue weighted by atomic mass is 16.4. The molecule has 0 saturated carbocycles. The first-order valence-electron chi connectivity index (χ1n) is 7.60. The van der Waals surface area contributed by atoms with Crippen molar-refractivity contribution >= 4 is 17.8 Å². The Kier molecular flexibility index (Phi) is 6.65. The highest BCUT2D eigenvalue weighted by Crippen LogP contribution is 2.19. The molecule has 1 rings (SSSR count). The molecule has 0 aromatic carbocycles. The van der Waals surface area contributed by atoms with E-state index in [4.69, 9.17) is 5.11 Å². The molecule has 1 heterocycles. The van der Waals surface area contributed by atoms with Crippen molar-refractivity contribution in [3.8, 4) is 0 Å². The molecule has 120 valence electrons. The molecular formula is C15H26N2O4. The minimum atomic E-state index is -0.844. The quantitative estimate of drug-likeness (QED) is 0.703. The van der Waals surface area contributed by atoms with Gasteiger partial charge in [0.15, 0.2) is 0 Å². The molecule has 0 radical (unpaired) electrons. The van der Waals surface area contributed by atoms with Crippen LogP contribution in [0, 0.1) is 17.8 Å². The monoisotopic (exact) mass is 298 g/mol. The molecular weight excluding hydrogens is 272 g/mol. The number of hydrogen-bond donors (Lipinski definition) is 2. The van der Waals surface area contributed by atoms with E-state index in [1.165, 1.54) is 0 Å². The van der Waals surface area contributed by atoms with Crippen LogP contribution in [0.2, 0.25) is 0 Å². The summed E-state index contributed by atoms with van der Waals surface area (Å²) < 4.78 is 0. The Balaban J connectivity index is 2.46. The summed E-state index contributed by atoms with van der Waals surface area (Å²) >= 11 is 0. The number of carboxylic acids is 1. The fraction of sp³-hybridized carbons (Fsp3) is 0.800. The minimum absolute atomic E-state index is 0.0157. The second-order valence-electron chi connectivity index (χ2n) is 6.17. The first kappa shape index (κ1) is 17.5. The second-order valence-corrected chi connectivity index (χ2v) is 6.17. The van der Waals surface area contributed by atoms with Crippen LogP contribution in [0.1, 0.15) is 40.0 Å². The van der Waals surface area contributed by atoms with E-state index in [1.54, 1.807) is 4.90 Å². The summed E-state index contributed by atoms with van der Waals surface area (Å²) in [5.41, 5.74) is 0. The van der Waals surface area contributed by atoms with Crippen LogP contribution in [0.3, 0.4) is 0 Å². The van der Waals surface area contributed by atoms with Gasteiger partial charge in [-0.2, -0.15) is 0 Å². The summed E-state index contributed by atoms with van der Waals surface area (Å²) in [5, 5.41) is 11.7. The van der Waals surface area contributed by atoms with Gasteiger partial charge in [-0.05, 0) is 25.2 Å². The number of amides is 2. The van der Waals surface area contributed by atoms with E-state index in [0.29, 0.717) is 25.6 Å². The molecule has 1 aliphatic rings. The number of nitrogens with zero attached hydrogens (tertiary/aromatic N) is 1. The van der Waals surface area contributed by atoms with Crippen molar-refractivity contribution in [1.82, 2.24) is 10.2 Å². The van der Waals surface area contributed by atoms with Crippen LogP contribution in [-0.2, 0) is 14.4 Å². The molecule has 21 heavy (non-hydrogen) atoms. The van der Waals surface area contributed by atoms with Gasteiger partial charge in [0.25, 0.3) is 0 Å². The standard InChI is InChI=1S/C15H26N2O4/c1-4-17-9-12(7-13(17)18)15(21)16-8-11(5-10(2)3)6-14(19)20/h10-12H,4-9H2,1-3H3,(H,16,21)(H,19,20). The summed E-state index contributed by atoms with van der Waals surface area (Å²) in [6.07, 6.45) is 1.08. The second kappa shape index (κ2) is 8.00. The highest BCUT2D eigenvalue weighted by molar-refractivity contribution is 5.89. The highest BCUT2D eigenvalue weighted by Gasteiger charge is 2.33. The van der Waals surface area contributed by atoms with Crippen molar-refractivity contribution in [2.45, 2.75) is 40.0 Å². The largest absolute Gasteiger partial charge is 0.481 e. The van der Waals surface area contributed by atoms with Gasteiger partial charge in [-0.25, -0.2) is 0 Å². The van der Waals surface area contributed by atoms with Gasteiger partial charge in [0.05, 0.1) is 5.92 Å². The van der Waals surface area contributed by atoms with Gasteiger partial charge in [-0.15, -0.1) is 0 Å². The van der Waals surface area contributed by atoms with E-state index in [0.717, 1.165) is 6.42 Å². The molecule has 0 aromatic rings. The van der Waals surface area contributed by atoms with E-state index in [1.807, 2.05) is 20.8 Å². The molecule has 2 N–H and O–H groups in total. The van der Waals surface area contributed by atoms with Crippen molar-refractivity contribution in [1.29, 1.82) is 0 Å². The SMILES string of the molecule is CCN1CC(C(=O)NCC(CC(=O)O)CC(C)C)CC1=O.